The van der Waals surface area contributed by atoms with Crippen LogP contribution in [-0.4, -0.2) is 25.7 Å². The van der Waals surface area contributed by atoms with Crippen LogP contribution in [0.25, 0.3) is 5.65 Å². The fraction of sp³-hybridized carbons (Fsp3) is 0.286. The number of aromatic nitrogens is 4. The number of anilines is 1. The monoisotopic (exact) mass is 283 g/mol. The molecule has 1 aliphatic carbocycles. The van der Waals surface area contributed by atoms with Gasteiger partial charge in [0.05, 0.1) is 5.56 Å². The zero-order valence-electron chi connectivity index (χ0n) is 11.2. The molecule has 1 amide bonds. The summed E-state index contributed by atoms with van der Waals surface area (Å²) in [6, 6.07) is 3.46. The molecule has 0 fully saturated rings. The third-order valence-electron chi connectivity index (χ3n) is 3.74. The van der Waals surface area contributed by atoms with E-state index in [1.165, 1.54) is 0 Å². The quantitative estimate of drug-likeness (QED) is 0.775. The first kappa shape index (κ1) is 12.1. The number of pyridine rings is 1. The number of hydrogen-bond acceptors (Lipinski definition) is 5. The van der Waals surface area contributed by atoms with Gasteiger partial charge in [-0.3, -0.25) is 9.20 Å². The highest BCUT2D eigenvalue weighted by molar-refractivity contribution is 6.04. The van der Waals surface area contributed by atoms with Gasteiger partial charge in [0.25, 0.3) is 5.91 Å². The predicted octanol–water partition coefficient (Wildman–Crippen LogP) is 1.85. The van der Waals surface area contributed by atoms with E-state index in [0.717, 1.165) is 37.0 Å². The number of amides is 1. The largest absolute Gasteiger partial charge is 0.359 e. The van der Waals surface area contributed by atoms with E-state index >= 15 is 0 Å². The molecule has 0 saturated carbocycles. The van der Waals surface area contributed by atoms with Crippen LogP contribution in [0.3, 0.4) is 0 Å². The minimum Gasteiger partial charge on any atom is -0.359 e. The maximum atomic E-state index is 12.3. The zero-order valence-corrected chi connectivity index (χ0v) is 11.2. The Morgan fingerprint density at radius 3 is 3.14 bits per heavy atom. The summed E-state index contributed by atoms with van der Waals surface area (Å²) >= 11 is 0. The number of rotatable bonds is 2. The van der Waals surface area contributed by atoms with E-state index in [1.54, 1.807) is 29.1 Å². The molecule has 0 aromatic carbocycles. The first-order chi connectivity index (χ1) is 10.3. The van der Waals surface area contributed by atoms with Gasteiger partial charge in [-0.1, -0.05) is 5.16 Å². The Labute approximate surface area is 120 Å². The molecule has 3 heterocycles. The van der Waals surface area contributed by atoms with Gasteiger partial charge in [0.1, 0.15) is 12.1 Å². The average Bonchev–Trinajstić information content (AvgIpc) is 3.13. The Kier molecular flexibility index (Phi) is 2.70. The molecule has 0 saturated heterocycles. The predicted molar refractivity (Wildman–Crippen MR) is 74.1 cm³/mol. The SMILES string of the molecule is O=C(Nc1noc2c1CCCC2)c1ccc2nncn2c1. The van der Waals surface area contributed by atoms with Gasteiger partial charge in [0, 0.05) is 18.2 Å². The molecule has 106 valence electrons. The van der Waals surface area contributed by atoms with E-state index in [-0.39, 0.29) is 5.91 Å². The molecule has 3 aromatic heterocycles. The summed E-state index contributed by atoms with van der Waals surface area (Å²) in [6.07, 6.45) is 7.26. The lowest BCUT2D eigenvalue weighted by Gasteiger charge is -2.09. The Morgan fingerprint density at radius 1 is 1.29 bits per heavy atom. The van der Waals surface area contributed by atoms with Crippen LogP contribution in [0, 0.1) is 0 Å². The van der Waals surface area contributed by atoms with Crippen LogP contribution in [0.4, 0.5) is 5.82 Å². The van der Waals surface area contributed by atoms with Crippen LogP contribution in [-0.2, 0) is 12.8 Å². The van der Waals surface area contributed by atoms with Crippen LogP contribution < -0.4 is 5.32 Å². The van der Waals surface area contributed by atoms with Crippen molar-refractivity contribution in [3.63, 3.8) is 0 Å². The van der Waals surface area contributed by atoms with Crippen LogP contribution in [0.2, 0.25) is 0 Å². The molecule has 3 aromatic rings. The van der Waals surface area contributed by atoms with Gasteiger partial charge in [0.2, 0.25) is 0 Å². The van der Waals surface area contributed by atoms with Gasteiger partial charge in [-0.25, -0.2) is 0 Å². The summed E-state index contributed by atoms with van der Waals surface area (Å²) in [6.45, 7) is 0. The third-order valence-corrected chi connectivity index (χ3v) is 3.74. The summed E-state index contributed by atoms with van der Waals surface area (Å²) in [5.41, 5.74) is 2.25. The van der Waals surface area contributed by atoms with Gasteiger partial charge in [-0.05, 0) is 31.4 Å². The molecule has 21 heavy (non-hydrogen) atoms. The number of nitrogens with one attached hydrogen (secondary N) is 1. The lowest BCUT2D eigenvalue weighted by Crippen LogP contribution is -2.14. The van der Waals surface area contributed by atoms with E-state index < -0.39 is 0 Å². The number of aryl methyl sites for hydroxylation is 1. The lowest BCUT2D eigenvalue weighted by atomic mass is 9.98. The second-order valence-corrected chi connectivity index (χ2v) is 5.11. The van der Waals surface area contributed by atoms with Crippen LogP contribution >= 0.6 is 0 Å². The van der Waals surface area contributed by atoms with Crippen molar-refractivity contribution in [1.82, 2.24) is 19.8 Å². The van der Waals surface area contributed by atoms with Gasteiger partial charge in [-0.15, -0.1) is 10.2 Å². The fourth-order valence-electron chi connectivity index (χ4n) is 2.62. The standard InChI is InChI=1S/C14H13N5O2/c20-14(9-5-6-12-17-15-8-19(12)7-9)16-13-10-3-1-2-4-11(10)21-18-13/h5-8H,1-4H2,(H,16,18,20). The van der Waals surface area contributed by atoms with E-state index in [4.69, 9.17) is 4.52 Å². The van der Waals surface area contributed by atoms with Gasteiger partial charge in [-0.2, -0.15) is 0 Å². The summed E-state index contributed by atoms with van der Waals surface area (Å²) < 4.78 is 6.99. The van der Waals surface area contributed by atoms with Crippen molar-refractivity contribution >= 4 is 17.4 Å². The molecule has 0 bridgehead atoms. The van der Waals surface area contributed by atoms with E-state index in [9.17, 15) is 4.79 Å². The van der Waals surface area contributed by atoms with Crippen molar-refractivity contribution < 1.29 is 9.32 Å². The molecule has 0 unspecified atom stereocenters. The third kappa shape index (κ3) is 2.06. The normalized spacial score (nSPS) is 14.1. The van der Waals surface area contributed by atoms with Crippen LogP contribution in [0.1, 0.15) is 34.5 Å². The molecule has 4 rings (SSSR count). The maximum Gasteiger partial charge on any atom is 0.258 e. The number of carbonyl (C=O) groups is 1. The van der Waals surface area contributed by atoms with Crippen LogP contribution in [0.15, 0.2) is 29.2 Å². The van der Waals surface area contributed by atoms with E-state index in [1.807, 2.05) is 0 Å². The molecule has 0 spiro atoms. The molecule has 7 nitrogen and oxygen atoms in total. The van der Waals surface area contributed by atoms with Crippen LogP contribution in [0.5, 0.6) is 0 Å². The molecule has 0 radical (unpaired) electrons. The first-order valence-electron chi connectivity index (χ1n) is 6.89. The smallest absolute Gasteiger partial charge is 0.258 e. The lowest BCUT2D eigenvalue weighted by molar-refractivity contribution is 0.102. The summed E-state index contributed by atoms with van der Waals surface area (Å²) in [5.74, 6) is 1.22. The topological polar surface area (TPSA) is 85.3 Å². The van der Waals surface area contributed by atoms with Gasteiger partial charge < -0.3 is 9.84 Å². The van der Waals surface area contributed by atoms with Crippen molar-refractivity contribution in [1.29, 1.82) is 0 Å². The van der Waals surface area contributed by atoms with Crippen molar-refractivity contribution in [2.75, 3.05) is 5.32 Å². The molecule has 0 aliphatic heterocycles. The molecule has 0 atom stereocenters. The van der Waals surface area contributed by atoms with Crippen molar-refractivity contribution in [3.05, 3.63) is 41.5 Å². The van der Waals surface area contributed by atoms with Gasteiger partial charge >= 0.3 is 0 Å². The zero-order chi connectivity index (χ0) is 14.2. The minimum atomic E-state index is -0.215. The Morgan fingerprint density at radius 2 is 2.19 bits per heavy atom. The second kappa shape index (κ2) is 4.69. The first-order valence-corrected chi connectivity index (χ1v) is 6.89. The van der Waals surface area contributed by atoms with Crippen molar-refractivity contribution in [2.24, 2.45) is 0 Å². The number of hydrogen-bond donors (Lipinski definition) is 1. The Balaban J connectivity index is 1.61. The minimum absolute atomic E-state index is 0.215. The maximum absolute atomic E-state index is 12.3. The Hall–Kier alpha value is -2.70. The van der Waals surface area contributed by atoms with E-state index in [0.29, 0.717) is 17.0 Å². The van der Waals surface area contributed by atoms with E-state index in [2.05, 4.69) is 20.7 Å². The highest BCUT2D eigenvalue weighted by Gasteiger charge is 2.21. The van der Waals surface area contributed by atoms with Crippen molar-refractivity contribution in [3.8, 4) is 0 Å². The molecule has 1 aliphatic rings. The summed E-state index contributed by atoms with van der Waals surface area (Å²) in [7, 11) is 0. The highest BCUT2D eigenvalue weighted by atomic mass is 16.5. The molecular weight excluding hydrogens is 270 g/mol. The van der Waals surface area contributed by atoms with Crippen molar-refractivity contribution in [2.45, 2.75) is 25.7 Å². The second-order valence-electron chi connectivity index (χ2n) is 5.11. The number of nitrogens with zero attached hydrogens (tertiary/aromatic N) is 4. The highest BCUT2D eigenvalue weighted by Crippen LogP contribution is 2.27. The molecule has 1 N–H and O–H groups in total. The number of fused-ring (bicyclic) bond motifs is 2. The fourth-order valence-corrected chi connectivity index (χ4v) is 2.62. The summed E-state index contributed by atoms with van der Waals surface area (Å²) in [5, 5.41) is 14.5. The summed E-state index contributed by atoms with van der Waals surface area (Å²) in [4.78, 5) is 12.3. The Bertz CT molecular complexity index is 820. The molecular formula is C14H13N5O2. The average molecular weight is 283 g/mol. The number of carbonyl (C=O) groups excluding carboxylic acids is 1. The molecule has 7 heteroatoms. The van der Waals surface area contributed by atoms with Gasteiger partial charge in [0.15, 0.2) is 11.5 Å².